The Morgan fingerprint density at radius 3 is 2.75 bits per heavy atom. The zero-order chi connectivity index (χ0) is 15.0. The third kappa shape index (κ3) is 5.78. The van der Waals surface area contributed by atoms with Crippen molar-refractivity contribution in [1.29, 1.82) is 0 Å². The summed E-state index contributed by atoms with van der Waals surface area (Å²) >= 11 is 0. The van der Waals surface area contributed by atoms with Crippen molar-refractivity contribution in [1.82, 2.24) is 0 Å². The molecule has 0 spiro atoms. The van der Waals surface area contributed by atoms with Gasteiger partial charge in [0.05, 0.1) is 13.7 Å². The van der Waals surface area contributed by atoms with Crippen LogP contribution in [0.25, 0.3) is 6.08 Å². The molecule has 0 aliphatic rings. The number of hydrogen-bond donors (Lipinski definition) is 1. The molecule has 0 bridgehead atoms. The standard InChI is InChI=1S/C16H22O4/c1-12(2)5-4-10-20-15-8-7-14(19-3)11-13(15)6-9-16(17)18/h6-9,11-12H,4-5,10H2,1-3H3,(H,17,18)/b9-6+. The first-order valence-corrected chi connectivity index (χ1v) is 6.74. The zero-order valence-corrected chi connectivity index (χ0v) is 12.3. The van der Waals surface area contributed by atoms with Crippen LogP contribution in [0.3, 0.4) is 0 Å². The number of ether oxygens (including phenoxy) is 2. The first-order valence-electron chi connectivity index (χ1n) is 6.74. The van der Waals surface area contributed by atoms with Gasteiger partial charge in [-0.2, -0.15) is 0 Å². The fourth-order valence-corrected chi connectivity index (χ4v) is 1.75. The summed E-state index contributed by atoms with van der Waals surface area (Å²) in [6, 6.07) is 5.36. The fraction of sp³-hybridized carbons (Fsp3) is 0.438. The molecule has 0 radical (unpaired) electrons. The molecule has 1 N–H and O–H groups in total. The first kappa shape index (κ1) is 16.1. The van der Waals surface area contributed by atoms with Crippen LogP contribution in [0.1, 0.15) is 32.3 Å². The third-order valence-electron chi connectivity index (χ3n) is 2.81. The number of carbonyl (C=O) groups is 1. The van der Waals surface area contributed by atoms with E-state index in [9.17, 15) is 4.79 Å². The van der Waals surface area contributed by atoms with Crippen LogP contribution in [-0.4, -0.2) is 24.8 Å². The maximum Gasteiger partial charge on any atom is 0.328 e. The van der Waals surface area contributed by atoms with Crippen LogP contribution in [0.5, 0.6) is 11.5 Å². The summed E-state index contributed by atoms with van der Waals surface area (Å²) in [6.45, 7) is 4.97. The summed E-state index contributed by atoms with van der Waals surface area (Å²) in [5, 5.41) is 8.71. The molecule has 110 valence electrons. The Kier molecular flexibility index (Phi) is 6.64. The number of carboxylic acid groups (broad SMARTS) is 1. The van der Waals surface area contributed by atoms with Gasteiger partial charge < -0.3 is 14.6 Å². The van der Waals surface area contributed by atoms with E-state index in [0.29, 0.717) is 29.6 Å². The maximum absolute atomic E-state index is 10.6. The van der Waals surface area contributed by atoms with E-state index >= 15 is 0 Å². The highest BCUT2D eigenvalue weighted by Crippen LogP contribution is 2.25. The number of carboxylic acids is 1. The normalized spacial score (nSPS) is 11.0. The van der Waals surface area contributed by atoms with Gasteiger partial charge in [-0.25, -0.2) is 4.79 Å². The molecular weight excluding hydrogens is 256 g/mol. The van der Waals surface area contributed by atoms with Gasteiger partial charge in [-0.15, -0.1) is 0 Å². The van der Waals surface area contributed by atoms with Crippen molar-refractivity contribution in [3.63, 3.8) is 0 Å². The van der Waals surface area contributed by atoms with Crippen LogP contribution in [0, 0.1) is 5.92 Å². The number of hydrogen-bond acceptors (Lipinski definition) is 3. The summed E-state index contributed by atoms with van der Waals surface area (Å²) in [7, 11) is 1.57. The Hall–Kier alpha value is -1.97. The molecule has 1 rings (SSSR count). The highest BCUT2D eigenvalue weighted by Gasteiger charge is 2.04. The van der Waals surface area contributed by atoms with Crippen molar-refractivity contribution in [3.05, 3.63) is 29.8 Å². The number of rotatable bonds is 8. The predicted molar refractivity (Wildman–Crippen MR) is 79.2 cm³/mol. The minimum Gasteiger partial charge on any atom is -0.497 e. The number of benzene rings is 1. The molecule has 4 heteroatoms. The van der Waals surface area contributed by atoms with E-state index in [0.717, 1.165) is 18.9 Å². The summed E-state index contributed by atoms with van der Waals surface area (Å²) in [6.07, 6.45) is 4.70. The number of aliphatic carboxylic acids is 1. The molecule has 0 saturated carbocycles. The third-order valence-corrected chi connectivity index (χ3v) is 2.81. The van der Waals surface area contributed by atoms with Crippen LogP contribution in [0.15, 0.2) is 24.3 Å². The SMILES string of the molecule is COc1ccc(OCCCC(C)C)c(/C=C/C(=O)O)c1. The van der Waals surface area contributed by atoms with Crippen LogP contribution in [0.2, 0.25) is 0 Å². The van der Waals surface area contributed by atoms with E-state index in [1.807, 2.05) is 0 Å². The average molecular weight is 278 g/mol. The Labute approximate surface area is 120 Å². The molecule has 1 aromatic rings. The van der Waals surface area contributed by atoms with Gasteiger partial charge in [0.25, 0.3) is 0 Å². The van der Waals surface area contributed by atoms with Crippen molar-refractivity contribution in [3.8, 4) is 11.5 Å². The molecule has 0 atom stereocenters. The van der Waals surface area contributed by atoms with E-state index in [4.69, 9.17) is 14.6 Å². The molecule has 0 heterocycles. The second-order valence-corrected chi connectivity index (χ2v) is 4.96. The van der Waals surface area contributed by atoms with Crippen molar-refractivity contribution >= 4 is 12.0 Å². The summed E-state index contributed by atoms with van der Waals surface area (Å²) in [4.78, 5) is 10.6. The van der Waals surface area contributed by atoms with Gasteiger partial charge >= 0.3 is 5.97 Å². The molecule has 0 unspecified atom stereocenters. The van der Waals surface area contributed by atoms with Crippen LogP contribution in [-0.2, 0) is 4.79 Å². The summed E-state index contributed by atoms with van der Waals surface area (Å²) < 4.78 is 10.9. The molecule has 20 heavy (non-hydrogen) atoms. The van der Waals surface area contributed by atoms with Crippen LogP contribution in [0.4, 0.5) is 0 Å². The highest BCUT2D eigenvalue weighted by molar-refractivity contribution is 5.86. The summed E-state index contributed by atoms with van der Waals surface area (Å²) in [5.41, 5.74) is 0.705. The Morgan fingerprint density at radius 2 is 2.15 bits per heavy atom. The second-order valence-electron chi connectivity index (χ2n) is 4.96. The molecule has 4 nitrogen and oxygen atoms in total. The van der Waals surface area contributed by atoms with Crippen LogP contribution < -0.4 is 9.47 Å². The minimum absolute atomic E-state index is 0.623. The average Bonchev–Trinajstić information content (AvgIpc) is 2.41. The molecule has 0 amide bonds. The highest BCUT2D eigenvalue weighted by atomic mass is 16.5. The number of methoxy groups -OCH3 is 1. The van der Waals surface area contributed by atoms with Gasteiger partial charge in [-0.3, -0.25) is 0 Å². The lowest BCUT2D eigenvalue weighted by molar-refractivity contribution is -0.131. The van der Waals surface area contributed by atoms with E-state index in [2.05, 4.69) is 13.8 Å². The quantitative estimate of drug-likeness (QED) is 0.583. The Bertz CT molecular complexity index is 464. The molecule has 0 aliphatic carbocycles. The van der Waals surface area contributed by atoms with Crippen molar-refractivity contribution in [2.75, 3.05) is 13.7 Å². The lowest BCUT2D eigenvalue weighted by Crippen LogP contribution is -2.01. The lowest BCUT2D eigenvalue weighted by Gasteiger charge is -2.11. The monoisotopic (exact) mass is 278 g/mol. The molecular formula is C16H22O4. The van der Waals surface area contributed by atoms with E-state index in [1.165, 1.54) is 6.08 Å². The van der Waals surface area contributed by atoms with Crippen molar-refractivity contribution in [2.24, 2.45) is 5.92 Å². The van der Waals surface area contributed by atoms with E-state index in [1.54, 1.807) is 25.3 Å². The van der Waals surface area contributed by atoms with E-state index < -0.39 is 5.97 Å². The van der Waals surface area contributed by atoms with Gasteiger partial charge in [0.1, 0.15) is 11.5 Å². The predicted octanol–water partition coefficient (Wildman–Crippen LogP) is 3.61. The minimum atomic E-state index is -0.987. The zero-order valence-electron chi connectivity index (χ0n) is 12.3. The van der Waals surface area contributed by atoms with Gasteiger partial charge in [0.15, 0.2) is 0 Å². The van der Waals surface area contributed by atoms with Crippen molar-refractivity contribution < 1.29 is 19.4 Å². The summed E-state index contributed by atoms with van der Waals surface area (Å²) in [5.74, 6) is 1.01. The molecule has 1 aromatic carbocycles. The lowest BCUT2D eigenvalue weighted by atomic mass is 10.1. The van der Waals surface area contributed by atoms with Gasteiger partial charge in [-0.05, 0) is 43.0 Å². The Morgan fingerprint density at radius 1 is 1.40 bits per heavy atom. The largest absolute Gasteiger partial charge is 0.497 e. The second kappa shape index (κ2) is 8.25. The smallest absolute Gasteiger partial charge is 0.328 e. The van der Waals surface area contributed by atoms with Gasteiger partial charge in [0, 0.05) is 11.6 Å². The van der Waals surface area contributed by atoms with Crippen LogP contribution >= 0.6 is 0 Å². The molecule has 0 saturated heterocycles. The van der Waals surface area contributed by atoms with Crippen molar-refractivity contribution in [2.45, 2.75) is 26.7 Å². The topological polar surface area (TPSA) is 55.8 Å². The van der Waals surface area contributed by atoms with Gasteiger partial charge in [-0.1, -0.05) is 13.8 Å². The van der Waals surface area contributed by atoms with Gasteiger partial charge in [0.2, 0.25) is 0 Å². The first-order chi connectivity index (χ1) is 9.52. The Balaban J connectivity index is 2.75. The molecule has 0 aromatic heterocycles. The molecule has 0 fully saturated rings. The van der Waals surface area contributed by atoms with E-state index in [-0.39, 0.29) is 0 Å². The molecule has 0 aliphatic heterocycles. The fourth-order valence-electron chi connectivity index (χ4n) is 1.75. The maximum atomic E-state index is 10.6.